The molecule has 88 valence electrons. The van der Waals surface area contributed by atoms with Gasteiger partial charge in [0.2, 0.25) is 0 Å². The SMILES string of the molecule is COCCNc1c(C#N)cc(O)c(O)c1C#N. The van der Waals surface area contributed by atoms with Crippen molar-refractivity contribution in [2.75, 3.05) is 25.6 Å². The van der Waals surface area contributed by atoms with Crippen LogP contribution in [-0.2, 0) is 4.74 Å². The fraction of sp³-hybridized carbons (Fsp3) is 0.273. The monoisotopic (exact) mass is 233 g/mol. The summed E-state index contributed by atoms with van der Waals surface area (Å²) in [5, 5.41) is 39.4. The second-order valence-electron chi connectivity index (χ2n) is 3.19. The van der Waals surface area contributed by atoms with E-state index in [1.807, 2.05) is 6.07 Å². The van der Waals surface area contributed by atoms with Crippen LogP contribution in [0.1, 0.15) is 11.1 Å². The Morgan fingerprint density at radius 3 is 2.59 bits per heavy atom. The molecule has 1 rings (SSSR count). The van der Waals surface area contributed by atoms with Gasteiger partial charge >= 0.3 is 0 Å². The predicted molar refractivity (Wildman–Crippen MR) is 59.6 cm³/mol. The highest BCUT2D eigenvalue weighted by molar-refractivity contribution is 5.74. The second kappa shape index (κ2) is 5.59. The molecule has 0 saturated carbocycles. The molecule has 0 spiro atoms. The molecule has 0 atom stereocenters. The first-order chi connectivity index (χ1) is 8.15. The average Bonchev–Trinajstić information content (AvgIpc) is 2.33. The Bertz CT molecular complexity index is 500. The number of aromatic hydroxyl groups is 2. The van der Waals surface area contributed by atoms with Crippen molar-refractivity contribution in [3.63, 3.8) is 0 Å². The quantitative estimate of drug-likeness (QED) is 0.405. The van der Waals surface area contributed by atoms with E-state index in [1.54, 1.807) is 6.07 Å². The number of nitrogens with zero attached hydrogens (tertiary/aromatic N) is 2. The minimum Gasteiger partial charge on any atom is -0.504 e. The molecule has 0 aromatic heterocycles. The number of hydrogen-bond donors (Lipinski definition) is 3. The van der Waals surface area contributed by atoms with E-state index in [9.17, 15) is 10.2 Å². The molecule has 0 radical (unpaired) electrons. The molecule has 17 heavy (non-hydrogen) atoms. The maximum absolute atomic E-state index is 9.50. The summed E-state index contributed by atoms with van der Waals surface area (Å²) in [4.78, 5) is 0. The van der Waals surface area contributed by atoms with Gasteiger partial charge in [-0.15, -0.1) is 0 Å². The zero-order chi connectivity index (χ0) is 12.8. The number of anilines is 1. The summed E-state index contributed by atoms with van der Waals surface area (Å²) in [5.41, 5.74) is 0.132. The molecule has 0 unspecified atom stereocenters. The number of methoxy groups -OCH3 is 1. The van der Waals surface area contributed by atoms with Crippen LogP contribution in [0.2, 0.25) is 0 Å². The van der Waals surface area contributed by atoms with Crippen LogP contribution >= 0.6 is 0 Å². The third kappa shape index (κ3) is 2.57. The lowest BCUT2D eigenvalue weighted by Gasteiger charge is -2.11. The average molecular weight is 233 g/mol. The van der Waals surface area contributed by atoms with Gasteiger partial charge in [-0.1, -0.05) is 0 Å². The zero-order valence-corrected chi connectivity index (χ0v) is 9.19. The molecule has 0 aliphatic rings. The van der Waals surface area contributed by atoms with Crippen LogP contribution in [0.3, 0.4) is 0 Å². The summed E-state index contributed by atoms with van der Waals surface area (Å²) >= 11 is 0. The molecule has 1 aromatic carbocycles. The Morgan fingerprint density at radius 2 is 2.06 bits per heavy atom. The van der Waals surface area contributed by atoms with Crippen LogP contribution in [0.5, 0.6) is 11.5 Å². The van der Waals surface area contributed by atoms with Crippen LogP contribution in [-0.4, -0.2) is 30.5 Å². The van der Waals surface area contributed by atoms with Gasteiger partial charge in [0.15, 0.2) is 11.5 Å². The highest BCUT2D eigenvalue weighted by Crippen LogP contribution is 2.36. The minimum atomic E-state index is -0.536. The fourth-order valence-corrected chi connectivity index (χ4v) is 1.32. The van der Waals surface area contributed by atoms with Gasteiger partial charge in [-0.2, -0.15) is 10.5 Å². The first-order valence-electron chi connectivity index (χ1n) is 4.77. The Labute approximate surface area is 98.3 Å². The maximum atomic E-state index is 9.50. The number of rotatable bonds is 4. The number of hydrogen-bond acceptors (Lipinski definition) is 6. The molecule has 6 heteroatoms. The largest absolute Gasteiger partial charge is 0.504 e. The standard InChI is InChI=1S/C11H11N3O3/c1-17-3-2-14-10-7(5-12)4-9(15)11(16)8(10)6-13/h4,14-16H,2-3H2,1H3. The van der Waals surface area contributed by atoms with Gasteiger partial charge in [0.05, 0.1) is 17.9 Å². The Kier molecular flexibility index (Phi) is 4.15. The number of ether oxygens (including phenoxy) is 1. The molecule has 3 N–H and O–H groups in total. The van der Waals surface area contributed by atoms with E-state index in [0.717, 1.165) is 6.07 Å². The molecule has 0 saturated heterocycles. The molecule has 0 aliphatic heterocycles. The zero-order valence-electron chi connectivity index (χ0n) is 9.19. The van der Waals surface area contributed by atoms with E-state index >= 15 is 0 Å². The molecule has 0 heterocycles. The third-order valence-electron chi connectivity index (χ3n) is 2.12. The molecule has 1 aromatic rings. The number of benzene rings is 1. The van der Waals surface area contributed by atoms with Crippen molar-refractivity contribution in [3.05, 3.63) is 17.2 Å². The normalized spacial score (nSPS) is 9.35. The molecule has 0 aliphatic carbocycles. The molecule has 0 bridgehead atoms. The van der Waals surface area contributed by atoms with Crippen LogP contribution in [0.15, 0.2) is 6.07 Å². The van der Waals surface area contributed by atoms with Crippen molar-refractivity contribution >= 4 is 5.69 Å². The summed E-state index contributed by atoms with van der Waals surface area (Å²) in [6.07, 6.45) is 0. The number of phenolic OH excluding ortho intramolecular Hbond substituents is 2. The number of phenols is 2. The Balaban J connectivity index is 3.21. The van der Waals surface area contributed by atoms with Gasteiger partial charge in [-0.05, 0) is 0 Å². The lowest BCUT2D eigenvalue weighted by Crippen LogP contribution is -2.10. The van der Waals surface area contributed by atoms with Crippen LogP contribution in [0, 0.1) is 22.7 Å². The van der Waals surface area contributed by atoms with Gasteiger partial charge in [-0.25, -0.2) is 0 Å². The van der Waals surface area contributed by atoms with E-state index in [-0.39, 0.29) is 16.8 Å². The minimum absolute atomic E-state index is 0.0907. The van der Waals surface area contributed by atoms with Gasteiger partial charge < -0.3 is 20.3 Å². The third-order valence-corrected chi connectivity index (χ3v) is 2.12. The van der Waals surface area contributed by atoms with Crippen LogP contribution in [0.4, 0.5) is 5.69 Å². The summed E-state index contributed by atoms with van der Waals surface area (Å²) in [5.74, 6) is -1.03. The first-order valence-corrected chi connectivity index (χ1v) is 4.77. The smallest absolute Gasteiger partial charge is 0.177 e. The van der Waals surface area contributed by atoms with Crippen molar-refractivity contribution in [1.29, 1.82) is 10.5 Å². The molecule has 0 amide bonds. The fourth-order valence-electron chi connectivity index (χ4n) is 1.32. The maximum Gasteiger partial charge on any atom is 0.177 e. The van der Waals surface area contributed by atoms with E-state index in [4.69, 9.17) is 15.3 Å². The Morgan fingerprint density at radius 1 is 1.35 bits per heavy atom. The first kappa shape index (κ1) is 12.6. The van der Waals surface area contributed by atoms with Crippen molar-refractivity contribution in [1.82, 2.24) is 0 Å². The number of nitriles is 2. The summed E-state index contributed by atoms with van der Waals surface area (Å²) < 4.78 is 4.82. The lowest BCUT2D eigenvalue weighted by atomic mass is 10.1. The lowest BCUT2D eigenvalue weighted by molar-refractivity contribution is 0.211. The van der Waals surface area contributed by atoms with E-state index in [2.05, 4.69) is 5.32 Å². The highest BCUT2D eigenvalue weighted by Gasteiger charge is 2.16. The second-order valence-corrected chi connectivity index (χ2v) is 3.19. The van der Waals surface area contributed by atoms with Crippen molar-refractivity contribution < 1.29 is 14.9 Å². The summed E-state index contributed by atoms with van der Waals surface area (Å²) in [7, 11) is 1.52. The van der Waals surface area contributed by atoms with Crippen molar-refractivity contribution in [2.24, 2.45) is 0 Å². The van der Waals surface area contributed by atoms with E-state index < -0.39 is 11.5 Å². The van der Waals surface area contributed by atoms with E-state index in [0.29, 0.717) is 13.2 Å². The highest BCUT2D eigenvalue weighted by atomic mass is 16.5. The summed E-state index contributed by atoms with van der Waals surface area (Å²) in [6.45, 7) is 0.765. The Hall–Kier alpha value is -2.44. The molecular formula is C11H11N3O3. The molecular weight excluding hydrogens is 222 g/mol. The van der Waals surface area contributed by atoms with Gasteiger partial charge in [0, 0.05) is 19.7 Å². The predicted octanol–water partition coefficient (Wildman–Crippen LogP) is 0.899. The van der Waals surface area contributed by atoms with Gasteiger partial charge in [0.1, 0.15) is 17.7 Å². The summed E-state index contributed by atoms with van der Waals surface area (Å²) in [6, 6.07) is 4.68. The van der Waals surface area contributed by atoms with E-state index in [1.165, 1.54) is 7.11 Å². The van der Waals surface area contributed by atoms with Crippen LogP contribution < -0.4 is 5.32 Å². The topological polar surface area (TPSA) is 109 Å². The van der Waals surface area contributed by atoms with Crippen LogP contribution in [0.25, 0.3) is 0 Å². The van der Waals surface area contributed by atoms with Gasteiger partial charge in [-0.3, -0.25) is 0 Å². The number of nitrogens with one attached hydrogen (secondary N) is 1. The van der Waals surface area contributed by atoms with Gasteiger partial charge in [0.25, 0.3) is 0 Å². The van der Waals surface area contributed by atoms with Crippen molar-refractivity contribution in [2.45, 2.75) is 0 Å². The molecule has 0 fully saturated rings. The molecule has 6 nitrogen and oxygen atoms in total. The van der Waals surface area contributed by atoms with Crippen molar-refractivity contribution in [3.8, 4) is 23.6 Å².